The Bertz CT molecular complexity index is 222. The van der Waals surface area contributed by atoms with E-state index >= 15 is 0 Å². The summed E-state index contributed by atoms with van der Waals surface area (Å²) in [6, 6.07) is -0.207. The van der Waals surface area contributed by atoms with Crippen molar-refractivity contribution in [3.8, 4) is 12.3 Å². The Morgan fingerprint density at radius 2 is 2.00 bits per heavy atom. The smallest absolute Gasteiger partial charge is 0.312 e. The number of amides is 2. The number of halogens is 2. The van der Waals surface area contributed by atoms with Crippen molar-refractivity contribution >= 4 is 30.8 Å². The SMILES string of the molecule is C#CCN1CCC(NC(N)=O)CC1.Cl.Cl. The summed E-state index contributed by atoms with van der Waals surface area (Å²) in [7, 11) is 0. The van der Waals surface area contributed by atoms with Crippen LogP contribution >= 0.6 is 24.8 Å². The van der Waals surface area contributed by atoms with Gasteiger partial charge in [0.25, 0.3) is 0 Å². The lowest BCUT2D eigenvalue weighted by molar-refractivity contribution is 0.210. The fraction of sp³-hybridized carbons (Fsp3) is 0.667. The van der Waals surface area contributed by atoms with Gasteiger partial charge in [-0.15, -0.1) is 31.2 Å². The van der Waals surface area contributed by atoms with Crippen LogP contribution in [0.5, 0.6) is 0 Å². The van der Waals surface area contributed by atoms with E-state index in [1.807, 2.05) is 0 Å². The predicted octanol–water partition coefficient (Wildman–Crippen LogP) is 0.596. The number of carbonyl (C=O) groups is 1. The molecule has 0 aromatic heterocycles. The van der Waals surface area contributed by atoms with Crippen molar-refractivity contribution in [3.63, 3.8) is 0 Å². The molecule has 0 radical (unpaired) electrons. The van der Waals surface area contributed by atoms with Crippen LogP contribution in [0, 0.1) is 12.3 Å². The van der Waals surface area contributed by atoms with Crippen molar-refractivity contribution in [2.75, 3.05) is 19.6 Å². The summed E-state index contributed by atoms with van der Waals surface area (Å²) >= 11 is 0. The highest BCUT2D eigenvalue weighted by molar-refractivity contribution is 5.85. The van der Waals surface area contributed by atoms with Gasteiger partial charge in [0.05, 0.1) is 6.54 Å². The largest absolute Gasteiger partial charge is 0.352 e. The number of carbonyl (C=O) groups excluding carboxylic acids is 1. The molecule has 2 amide bonds. The van der Waals surface area contributed by atoms with E-state index in [1.165, 1.54) is 0 Å². The van der Waals surface area contributed by atoms with Crippen LogP contribution in [0.4, 0.5) is 4.79 Å². The average Bonchev–Trinajstić information content (AvgIpc) is 2.08. The van der Waals surface area contributed by atoms with Gasteiger partial charge in [-0.2, -0.15) is 0 Å². The van der Waals surface area contributed by atoms with Gasteiger partial charge in [-0.3, -0.25) is 4.90 Å². The number of nitrogens with two attached hydrogens (primary N) is 1. The molecule has 1 fully saturated rings. The van der Waals surface area contributed by atoms with E-state index in [0.717, 1.165) is 25.9 Å². The van der Waals surface area contributed by atoms with Crippen molar-refractivity contribution in [2.24, 2.45) is 5.73 Å². The summed E-state index contributed by atoms with van der Waals surface area (Å²) in [5.41, 5.74) is 5.02. The standard InChI is InChI=1S/C9H15N3O.2ClH/c1-2-5-12-6-3-8(4-7-12)11-9(10)13;;/h1,8H,3-7H2,(H3,10,11,13);2*1H. The Morgan fingerprint density at radius 3 is 2.40 bits per heavy atom. The van der Waals surface area contributed by atoms with E-state index in [0.29, 0.717) is 6.54 Å². The van der Waals surface area contributed by atoms with Crippen LogP contribution < -0.4 is 11.1 Å². The van der Waals surface area contributed by atoms with Gasteiger partial charge >= 0.3 is 6.03 Å². The third kappa shape index (κ3) is 6.45. The Kier molecular flexibility index (Phi) is 9.69. The van der Waals surface area contributed by atoms with Crippen molar-refractivity contribution in [1.82, 2.24) is 10.2 Å². The molecule has 0 aromatic carbocycles. The minimum Gasteiger partial charge on any atom is -0.352 e. The Balaban J connectivity index is 0. The van der Waals surface area contributed by atoms with Gasteiger partial charge in [0.1, 0.15) is 0 Å². The molecule has 15 heavy (non-hydrogen) atoms. The summed E-state index contributed by atoms with van der Waals surface area (Å²) in [6.07, 6.45) is 7.06. The minimum absolute atomic E-state index is 0. The molecule has 0 atom stereocenters. The van der Waals surface area contributed by atoms with Crippen LogP contribution in [-0.4, -0.2) is 36.6 Å². The van der Waals surface area contributed by atoms with Crippen molar-refractivity contribution in [2.45, 2.75) is 18.9 Å². The quantitative estimate of drug-likeness (QED) is 0.709. The molecule has 0 unspecified atom stereocenters. The molecule has 1 heterocycles. The highest BCUT2D eigenvalue weighted by Crippen LogP contribution is 2.08. The number of terminal acetylenes is 1. The maximum atomic E-state index is 10.5. The number of nitrogens with zero attached hydrogens (tertiary/aromatic N) is 1. The van der Waals surface area contributed by atoms with Crippen LogP contribution in [-0.2, 0) is 0 Å². The number of likely N-dealkylation sites (tertiary alicyclic amines) is 1. The molecule has 88 valence electrons. The maximum Gasteiger partial charge on any atom is 0.312 e. The molecule has 0 spiro atoms. The number of primary amides is 1. The van der Waals surface area contributed by atoms with Crippen LogP contribution in [0.3, 0.4) is 0 Å². The molecule has 0 aromatic rings. The molecule has 6 heteroatoms. The topological polar surface area (TPSA) is 58.4 Å². The minimum atomic E-state index is -0.435. The molecular weight excluding hydrogens is 237 g/mol. The summed E-state index contributed by atoms with van der Waals surface area (Å²) in [5, 5.41) is 2.70. The van der Waals surface area contributed by atoms with E-state index in [4.69, 9.17) is 12.2 Å². The average molecular weight is 254 g/mol. The number of rotatable bonds is 2. The number of piperidine rings is 1. The summed E-state index contributed by atoms with van der Waals surface area (Å²) in [6.45, 7) is 2.58. The van der Waals surface area contributed by atoms with Crippen LogP contribution in [0.25, 0.3) is 0 Å². The number of hydrogen-bond acceptors (Lipinski definition) is 2. The van der Waals surface area contributed by atoms with E-state index in [-0.39, 0.29) is 30.9 Å². The third-order valence-electron chi connectivity index (χ3n) is 2.25. The first-order valence-electron chi connectivity index (χ1n) is 4.44. The first kappa shape index (κ1) is 16.8. The van der Waals surface area contributed by atoms with Crippen LogP contribution in [0.2, 0.25) is 0 Å². The molecule has 0 saturated carbocycles. The van der Waals surface area contributed by atoms with Gasteiger partial charge in [-0.05, 0) is 12.8 Å². The zero-order valence-corrected chi connectivity index (χ0v) is 10.1. The number of nitrogens with one attached hydrogen (secondary N) is 1. The summed E-state index contributed by atoms with van der Waals surface area (Å²) < 4.78 is 0. The fourth-order valence-corrected chi connectivity index (χ4v) is 1.57. The highest BCUT2D eigenvalue weighted by atomic mass is 35.5. The molecule has 1 rings (SSSR count). The van der Waals surface area contributed by atoms with E-state index in [9.17, 15) is 4.79 Å². The van der Waals surface area contributed by atoms with Gasteiger partial charge in [0.2, 0.25) is 0 Å². The molecule has 4 nitrogen and oxygen atoms in total. The molecule has 1 saturated heterocycles. The molecule has 1 aliphatic heterocycles. The Hall–Kier alpha value is -0.630. The van der Waals surface area contributed by atoms with Gasteiger partial charge in [-0.25, -0.2) is 4.79 Å². The fourth-order valence-electron chi connectivity index (χ4n) is 1.57. The molecule has 0 aliphatic carbocycles. The number of hydrogen-bond donors (Lipinski definition) is 2. The third-order valence-corrected chi connectivity index (χ3v) is 2.25. The molecule has 3 N–H and O–H groups in total. The zero-order chi connectivity index (χ0) is 9.68. The monoisotopic (exact) mass is 253 g/mol. The van der Waals surface area contributed by atoms with Gasteiger partial charge in [-0.1, -0.05) is 5.92 Å². The Morgan fingerprint density at radius 1 is 1.47 bits per heavy atom. The van der Waals surface area contributed by atoms with Crippen molar-refractivity contribution < 1.29 is 4.79 Å². The van der Waals surface area contributed by atoms with Crippen molar-refractivity contribution in [1.29, 1.82) is 0 Å². The lowest BCUT2D eigenvalue weighted by Crippen LogP contribution is -2.46. The number of urea groups is 1. The van der Waals surface area contributed by atoms with Gasteiger partial charge in [0.15, 0.2) is 0 Å². The molecule has 1 aliphatic rings. The second-order valence-corrected chi connectivity index (χ2v) is 3.26. The van der Waals surface area contributed by atoms with E-state index in [1.54, 1.807) is 0 Å². The zero-order valence-electron chi connectivity index (χ0n) is 8.44. The predicted molar refractivity (Wildman–Crippen MR) is 65.5 cm³/mol. The van der Waals surface area contributed by atoms with Gasteiger partial charge < -0.3 is 11.1 Å². The van der Waals surface area contributed by atoms with E-state index in [2.05, 4.69) is 16.1 Å². The summed E-state index contributed by atoms with van der Waals surface area (Å²) in [4.78, 5) is 12.7. The lowest BCUT2D eigenvalue weighted by Gasteiger charge is -2.30. The van der Waals surface area contributed by atoms with Crippen molar-refractivity contribution in [3.05, 3.63) is 0 Å². The summed E-state index contributed by atoms with van der Waals surface area (Å²) in [5.74, 6) is 2.61. The second kappa shape index (κ2) is 8.66. The van der Waals surface area contributed by atoms with Crippen LogP contribution in [0.15, 0.2) is 0 Å². The first-order valence-corrected chi connectivity index (χ1v) is 4.44. The molecular formula is C9H17Cl2N3O. The van der Waals surface area contributed by atoms with Gasteiger partial charge in [0, 0.05) is 19.1 Å². The maximum absolute atomic E-state index is 10.5. The lowest BCUT2D eigenvalue weighted by atomic mass is 10.1. The Labute approximate surface area is 103 Å². The molecule has 0 bridgehead atoms. The van der Waals surface area contributed by atoms with E-state index < -0.39 is 6.03 Å². The highest BCUT2D eigenvalue weighted by Gasteiger charge is 2.18. The van der Waals surface area contributed by atoms with Crippen LogP contribution in [0.1, 0.15) is 12.8 Å². The first-order chi connectivity index (χ1) is 6.22. The second-order valence-electron chi connectivity index (χ2n) is 3.26. The normalized spacial score (nSPS) is 16.7.